The van der Waals surface area contributed by atoms with Crippen LogP contribution in [0.3, 0.4) is 0 Å². The van der Waals surface area contributed by atoms with Crippen molar-refractivity contribution < 1.29 is 14.3 Å². The standard InChI is InChI=1S/C16H13N3O3S/c1-8-7-23-16(18-8)11(6-17)13(20)10-4-3-5-12-14(10)22-9(2)15(21)19-12/h3-5,7,9,11H,1-2H3,(H,19,21). The highest BCUT2D eigenvalue weighted by atomic mass is 32.1. The molecule has 2 atom stereocenters. The number of ketones is 1. The maximum Gasteiger partial charge on any atom is 0.265 e. The van der Waals surface area contributed by atoms with Gasteiger partial charge in [-0.3, -0.25) is 9.59 Å². The van der Waals surface area contributed by atoms with E-state index in [9.17, 15) is 14.9 Å². The smallest absolute Gasteiger partial charge is 0.265 e. The van der Waals surface area contributed by atoms with Crippen molar-refractivity contribution in [2.75, 3.05) is 5.32 Å². The number of para-hydroxylation sites is 1. The number of benzene rings is 1. The lowest BCUT2D eigenvalue weighted by Gasteiger charge is -2.25. The van der Waals surface area contributed by atoms with Crippen LogP contribution in [0.4, 0.5) is 5.69 Å². The van der Waals surface area contributed by atoms with E-state index < -0.39 is 12.0 Å². The summed E-state index contributed by atoms with van der Waals surface area (Å²) >= 11 is 1.28. The number of nitrogens with one attached hydrogen (secondary N) is 1. The van der Waals surface area contributed by atoms with Crippen LogP contribution < -0.4 is 10.1 Å². The van der Waals surface area contributed by atoms with Gasteiger partial charge in [0.2, 0.25) is 0 Å². The van der Waals surface area contributed by atoms with E-state index in [1.54, 1.807) is 30.5 Å². The number of aryl methyl sites for hydroxylation is 1. The van der Waals surface area contributed by atoms with E-state index in [0.717, 1.165) is 5.69 Å². The van der Waals surface area contributed by atoms with Crippen LogP contribution in [0, 0.1) is 18.3 Å². The highest BCUT2D eigenvalue weighted by Crippen LogP contribution is 2.36. The Labute approximate surface area is 136 Å². The highest BCUT2D eigenvalue weighted by molar-refractivity contribution is 7.10. The van der Waals surface area contributed by atoms with Crippen LogP contribution in [0.25, 0.3) is 0 Å². The lowest BCUT2D eigenvalue weighted by atomic mass is 9.97. The van der Waals surface area contributed by atoms with E-state index in [2.05, 4.69) is 10.3 Å². The summed E-state index contributed by atoms with van der Waals surface area (Å²) in [6.45, 7) is 3.41. The van der Waals surface area contributed by atoms with E-state index in [4.69, 9.17) is 4.74 Å². The summed E-state index contributed by atoms with van der Waals surface area (Å²) < 4.78 is 5.57. The number of anilines is 1. The lowest BCUT2D eigenvalue weighted by molar-refractivity contribution is -0.122. The minimum atomic E-state index is -0.989. The Morgan fingerprint density at radius 1 is 1.52 bits per heavy atom. The number of carbonyl (C=O) groups excluding carboxylic acids is 2. The molecule has 3 rings (SSSR count). The van der Waals surface area contributed by atoms with Gasteiger partial charge in [-0.05, 0) is 26.0 Å². The summed E-state index contributed by atoms with van der Waals surface area (Å²) in [7, 11) is 0. The Morgan fingerprint density at radius 3 is 2.96 bits per heavy atom. The van der Waals surface area contributed by atoms with Gasteiger partial charge in [-0.25, -0.2) is 4.98 Å². The second-order valence-corrected chi connectivity index (χ2v) is 6.07. The van der Waals surface area contributed by atoms with Crippen molar-refractivity contribution in [3.63, 3.8) is 0 Å². The molecule has 0 saturated heterocycles. The number of Topliss-reactive ketones (excluding diaryl/α,β-unsaturated/α-hetero) is 1. The number of thiazole rings is 1. The van der Waals surface area contributed by atoms with E-state index in [0.29, 0.717) is 16.4 Å². The van der Waals surface area contributed by atoms with Gasteiger partial charge in [-0.15, -0.1) is 11.3 Å². The number of nitriles is 1. The van der Waals surface area contributed by atoms with E-state index in [1.165, 1.54) is 11.3 Å². The largest absolute Gasteiger partial charge is 0.478 e. The number of amides is 1. The molecule has 2 heterocycles. The predicted molar refractivity (Wildman–Crippen MR) is 84.7 cm³/mol. The summed E-state index contributed by atoms with van der Waals surface area (Å²) in [6.07, 6.45) is -0.695. The SMILES string of the molecule is Cc1csc(C(C#N)C(=O)c2cccc3c2OC(C)C(=O)N3)n1. The number of aromatic nitrogens is 1. The minimum Gasteiger partial charge on any atom is -0.478 e. The monoisotopic (exact) mass is 327 g/mol. The zero-order valence-electron chi connectivity index (χ0n) is 12.5. The molecule has 1 N–H and O–H groups in total. The summed E-state index contributed by atoms with van der Waals surface area (Å²) in [6, 6.07) is 6.91. The fourth-order valence-corrected chi connectivity index (χ4v) is 3.14. The van der Waals surface area contributed by atoms with E-state index >= 15 is 0 Å². The molecule has 2 aromatic rings. The van der Waals surface area contributed by atoms with Crippen LogP contribution in [0.15, 0.2) is 23.6 Å². The summed E-state index contributed by atoms with van der Waals surface area (Å²) in [5.41, 5.74) is 1.48. The Balaban J connectivity index is 2.02. The van der Waals surface area contributed by atoms with Crippen LogP contribution in [0.2, 0.25) is 0 Å². The molecule has 0 spiro atoms. The number of hydrogen-bond acceptors (Lipinski definition) is 6. The Hall–Kier alpha value is -2.72. The molecule has 1 aliphatic rings. The van der Waals surface area contributed by atoms with Crippen LogP contribution in [-0.4, -0.2) is 22.8 Å². The normalized spacial score (nSPS) is 17.4. The van der Waals surface area contributed by atoms with Crippen molar-refractivity contribution in [2.45, 2.75) is 25.9 Å². The van der Waals surface area contributed by atoms with Crippen molar-refractivity contribution in [3.05, 3.63) is 39.8 Å². The molecule has 1 aliphatic heterocycles. The second-order valence-electron chi connectivity index (χ2n) is 5.19. The van der Waals surface area contributed by atoms with Gasteiger partial charge < -0.3 is 10.1 Å². The van der Waals surface area contributed by atoms with Crippen molar-refractivity contribution >= 4 is 28.7 Å². The Morgan fingerprint density at radius 2 is 2.30 bits per heavy atom. The van der Waals surface area contributed by atoms with Crippen LogP contribution in [0.1, 0.15) is 33.9 Å². The average molecular weight is 327 g/mol. The second kappa shape index (κ2) is 5.82. The zero-order chi connectivity index (χ0) is 16.6. The van der Waals surface area contributed by atoms with Gasteiger partial charge >= 0.3 is 0 Å². The molecule has 7 heteroatoms. The minimum absolute atomic E-state index is 0.269. The predicted octanol–water partition coefficient (Wildman–Crippen LogP) is 2.66. The van der Waals surface area contributed by atoms with Gasteiger partial charge in [-0.2, -0.15) is 5.26 Å². The fourth-order valence-electron chi connectivity index (χ4n) is 2.31. The van der Waals surface area contributed by atoms with Crippen LogP contribution in [0.5, 0.6) is 5.75 Å². The average Bonchev–Trinajstić information content (AvgIpc) is 2.95. The molecule has 0 saturated carbocycles. The van der Waals surface area contributed by atoms with Gasteiger partial charge in [0.1, 0.15) is 5.01 Å². The highest BCUT2D eigenvalue weighted by Gasteiger charge is 2.32. The van der Waals surface area contributed by atoms with Crippen LogP contribution >= 0.6 is 11.3 Å². The van der Waals surface area contributed by atoms with Gasteiger partial charge in [0, 0.05) is 11.1 Å². The maximum absolute atomic E-state index is 12.8. The summed E-state index contributed by atoms with van der Waals surface area (Å²) in [5.74, 6) is -1.34. The number of ether oxygens (including phenoxy) is 1. The molecule has 0 fully saturated rings. The maximum atomic E-state index is 12.8. The Bertz CT molecular complexity index is 837. The molecule has 116 valence electrons. The van der Waals surface area contributed by atoms with E-state index in [1.807, 2.05) is 13.0 Å². The lowest BCUT2D eigenvalue weighted by Crippen LogP contribution is -2.35. The summed E-state index contributed by atoms with van der Waals surface area (Å²) in [5, 5.41) is 14.4. The third-order valence-electron chi connectivity index (χ3n) is 3.48. The van der Waals surface area contributed by atoms with Gasteiger partial charge in [0.25, 0.3) is 5.91 Å². The molecule has 1 aromatic heterocycles. The topological polar surface area (TPSA) is 92.1 Å². The van der Waals surface area contributed by atoms with Gasteiger partial charge in [0.05, 0.1) is 17.3 Å². The first-order valence-electron chi connectivity index (χ1n) is 6.97. The van der Waals surface area contributed by atoms with Crippen molar-refractivity contribution in [1.29, 1.82) is 5.26 Å². The van der Waals surface area contributed by atoms with Gasteiger partial charge in [-0.1, -0.05) is 6.07 Å². The molecule has 0 bridgehead atoms. The molecule has 6 nitrogen and oxygen atoms in total. The molecule has 0 radical (unpaired) electrons. The van der Waals surface area contributed by atoms with Crippen molar-refractivity contribution in [1.82, 2.24) is 4.98 Å². The zero-order valence-corrected chi connectivity index (χ0v) is 13.3. The quantitative estimate of drug-likeness (QED) is 0.875. The number of nitrogens with zero attached hydrogens (tertiary/aromatic N) is 2. The van der Waals surface area contributed by atoms with Crippen LogP contribution in [-0.2, 0) is 4.79 Å². The van der Waals surface area contributed by atoms with Crippen molar-refractivity contribution in [3.8, 4) is 11.8 Å². The molecule has 1 aromatic carbocycles. The number of rotatable bonds is 3. The van der Waals surface area contributed by atoms with Crippen molar-refractivity contribution in [2.24, 2.45) is 0 Å². The number of hydrogen-bond donors (Lipinski definition) is 1. The Kier molecular flexibility index (Phi) is 3.84. The third kappa shape index (κ3) is 2.69. The molecular formula is C16H13N3O3S. The van der Waals surface area contributed by atoms with E-state index in [-0.39, 0.29) is 17.3 Å². The first-order valence-corrected chi connectivity index (χ1v) is 7.85. The van der Waals surface area contributed by atoms with Gasteiger partial charge in [0.15, 0.2) is 23.6 Å². The molecule has 2 unspecified atom stereocenters. The molecule has 0 aliphatic carbocycles. The molecule has 1 amide bonds. The first kappa shape index (κ1) is 15.2. The molecular weight excluding hydrogens is 314 g/mol. The number of carbonyl (C=O) groups is 2. The third-order valence-corrected chi connectivity index (χ3v) is 4.50. The first-order chi connectivity index (χ1) is 11.0. The number of fused-ring (bicyclic) bond motifs is 1. The summed E-state index contributed by atoms with van der Waals surface area (Å²) in [4.78, 5) is 28.7. The fraction of sp³-hybridized carbons (Fsp3) is 0.250. The molecule has 23 heavy (non-hydrogen) atoms.